The third-order valence-corrected chi connectivity index (χ3v) is 5.01. The fraction of sp³-hybridized carbons (Fsp3) is 0.737. The van der Waals surface area contributed by atoms with Crippen molar-refractivity contribution in [3.63, 3.8) is 0 Å². The van der Waals surface area contributed by atoms with Gasteiger partial charge in [-0.05, 0) is 54.1 Å². The van der Waals surface area contributed by atoms with Gasteiger partial charge in [-0.3, -0.25) is 4.99 Å². The topological polar surface area (TPSA) is 51.0 Å². The first-order valence-corrected chi connectivity index (χ1v) is 10.3. The largest absolute Gasteiger partial charge is 0.381 e. The summed E-state index contributed by atoms with van der Waals surface area (Å²) in [6.07, 6.45) is 5.27. The molecule has 0 saturated carbocycles. The third kappa shape index (κ3) is 7.29. The Morgan fingerprint density at radius 1 is 1.46 bits per heavy atom. The van der Waals surface area contributed by atoms with E-state index in [0.717, 1.165) is 75.8 Å². The molecule has 1 aromatic rings. The molecule has 1 saturated heterocycles. The Labute approximate surface area is 166 Å². The van der Waals surface area contributed by atoms with Crippen LogP contribution in [0.2, 0.25) is 0 Å². The van der Waals surface area contributed by atoms with Crippen LogP contribution in [-0.4, -0.2) is 62.0 Å². The molecule has 0 radical (unpaired) electrons. The van der Waals surface area contributed by atoms with Crippen LogP contribution in [0.4, 0.5) is 0 Å². The van der Waals surface area contributed by atoms with E-state index in [0.29, 0.717) is 5.92 Å². The monoisotopic (exact) mass is 428 g/mol. The Kier molecular flexibility index (Phi) is 9.50. The highest BCUT2D eigenvalue weighted by atomic mass is 79.9. The Morgan fingerprint density at radius 3 is 2.88 bits per heavy atom. The average molecular weight is 429 g/mol. The molecule has 2 heterocycles. The summed E-state index contributed by atoms with van der Waals surface area (Å²) in [5.41, 5.74) is 1.24. The molecule has 0 aromatic carbocycles. The number of nitrogens with one attached hydrogen (secondary N) is 1. The van der Waals surface area contributed by atoms with Crippen molar-refractivity contribution in [3.05, 3.63) is 22.4 Å². The summed E-state index contributed by atoms with van der Waals surface area (Å²) in [6, 6.07) is 2.14. The minimum Gasteiger partial charge on any atom is -0.381 e. The molecule has 1 aliphatic heterocycles. The number of nitrogens with zero attached hydrogens (tertiary/aromatic N) is 3. The molecule has 1 aliphatic rings. The van der Waals surface area contributed by atoms with Crippen molar-refractivity contribution in [2.75, 3.05) is 46.6 Å². The molecule has 0 spiro atoms. The molecule has 1 fully saturated rings. The van der Waals surface area contributed by atoms with Crippen molar-refractivity contribution < 1.29 is 9.47 Å². The highest BCUT2D eigenvalue weighted by Gasteiger charge is 2.13. The molecule has 0 unspecified atom stereocenters. The van der Waals surface area contributed by atoms with Crippen LogP contribution in [0, 0.1) is 5.92 Å². The van der Waals surface area contributed by atoms with E-state index in [2.05, 4.69) is 64.0 Å². The summed E-state index contributed by atoms with van der Waals surface area (Å²) in [5, 5.41) is 3.37. The first kappa shape index (κ1) is 21.3. The maximum absolute atomic E-state index is 5.82. The second-order valence-corrected chi connectivity index (χ2v) is 7.75. The van der Waals surface area contributed by atoms with Gasteiger partial charge in [-0.1, -0.05) is 0 Å². The van der Waals surface area contributed by atoms with Gasteiger partial charge in [0.25, 0.3) is 0 Å². The molecule has 0 aliphatic carbocycles. The standard InChI is InChI=1S/C19H33BrN4O2/c1-4-21-19(24(3)14-18-12-17(20)13-23(18)2)22-8-5-9-26-15-16-6-10-25-11-7-16/h12-13,16H,4-11,14-15H2,1-3H3,(H,21,22). The molecular formula is C19H33BrN4O2. The molecule has 0 bridgehead atoms. The lowest BCUT2D eigenvalue weighted by Crippen LogP contribution is -2.39. The quantitative estimate of drug-likeness (QED) is 0.373. The number of rotatable bonds is 9. The molecule has 1 aromatic heterocycles. The van der Waals surface area contributed by atoms with Crippen LogP contribution < -0.4 is 5.32 Å². The van der Waals surface area contributed by atoms with Crippen molar-refractivity contribution >= 4 is 21.9 Å². The van der Waals surface area contributed by atoms with E-state index in [1.54, 1.807) is 0 Å². The van der Waals surface area contributed by atoms with Gasteiger partial charge in [0.1, 0.15) is 0 Å². The van der Waals surface area contributed by atoms with Crippen molar-refractivity contribution in [2.24, 2.45) is 18.0 Å². The van der Waals surface area contributed by atoms with E-state index < -0.39 is 0 Å². The van der Waals surface area contributed by atoms with Crippen molar-refractivity contribution in [1.29, 1.82) is 0 Å². The minimum atomic E-state index is 0.667. The smallest absolute Gasteiger partial charge is 0.194 e. The molecule has 148 valence electrons. The summed E-state index contributed by atoms with van der Waals surface area (Å²) < 4.78 is 14.4. The maximum Gasteiger partial charge on any atom is 0.194 e. The molecule has 1 N–H and O–H groups in total. The average Bonchev–Trinajstić information content (AvgIpc) is 2.94. The van der Waals surface area contributed by atoms with Gasteiger partial charge in [-0.25, -0.2) is 0 Å². The summed E-state index contributed by atoms with van der Waals surface area (Å²) in [7, 11) is 4.14. The van der Waals surface area contributed by atoms with Crippen LogP contribution in [-0.2, 0) is 23.1 Å². The lowest BCUT2D eigenvalue weighted by molar-refractivity contribution is 0.0205. The molecular weight excluding hydrogens is 396 g/mol. The zero-order valence-electron chi connectivity index (χ0n) is 16.3. The lowest BCUT2D eigenvalue weighted by Gasteiger charge is -2.22. The van der Waals surface area contributed by atoms with Gasteiger partial charge in [0, 0.05) is 70.0 Å². The zero-order chi connectivity index (χ0) is 18.8. The number of hydrogen-bond acceptors (Lipinski definition) is 3. The van der Waals surface area contributed by atoms with Gasteiger partial charge in [-0.2, -0.15) is 0 Å². The van der Waals surface area contributed by atoms with Gasteiger partial charge in [0.2, 0.25) is 0 Å². The summed E-state index contributed by atoms with van der Waals surface area (Å²) in [4.78, 5) is 6.90. The number of guanidine groups is 1. The normalized spacial score (nSPS) is 16.1. The fourth-order valence-corrected chi connectivity index (χ4v) is 3.60. The second-order valence-electron chi connectivity index (χ2n) is 6.84. The number of aromatic nitrogens is 1. The van der Waals surface area contributed by atoms with Crippen molar-refractivity contribution in [3.8, 4) is 0 Å². The van der Waals surface area contributed by atoms with Crippen LogP contribution in [0.1, 0.15) is 31.9 Å². The number of hydrogen-bond donors (Lipinski definition) is 1. The van der Waals surface area contributed by atoms with Gasteiger partial charge in [-0.15, -0.1) is 0 Å². The Bertz CT molecular complexity index is 556. The van der Waals surface area contributed by atoms with Crippen LogP contribution in [0.3, 0.4) is 0 Å². The van der Waals surface area contributed by atoms with Gasteiger partial charge >= 0.3 is 0 Å². The summed E-state index contributed by atoms with van der Waals surface area (Å²) in [5.74, 6) is 1.61. The van der Waals surface area contributed by atoms with Crippen LogP contribution in [0.5, 0.6) is 0 Å². The van der Waals surface area contributed by atoms with E-state index in [1.165, 1.54) is 5.69 Å². The third-order valence-electron chi connectivity index (χ3n) is 4.57. The fourth-order valence-electron chi connectivity index (χ4n) is 3.03. The van der Waals surface area contributed by atoms with Crippen molar-refractivity contribution in [2.45, 2.75) is 32.7 Å². The first-order valence-electron chi connectivity index (χ1n) is 9.55. The molecule has 7 heteroatoms. The predicted octanol–water partition coefficient (Wildman–Crippen LogP) is 3.02. The lowest BCUT2D eigenvalue weighted by atomic mass is 10.0. The predicted molar refractivity (Wildman–Crippen MR) is 110 cm³/mol. The van der Waals surface area contributed by atoms with E-state index in [-0.39, 0.29) is 0 Å². The van der Waals surface area contributed by atoms with Gasteiger partial charge in [0.15, 0.2) is 5.96 Å². The van der Waals surface area contributed by atoms with Crippen LogP contribution in [0.15, 0.2) is 21.7 Å². The van der Waals surface area contributed by atoms with Gasteiger partial charge in [0.05, 0.1) is 6.54 Å². The van der Waals surface area contributed by atoms with Crippen LogP contribution in [0.25, 0.3) is 0 Å². The Hall–Kier alpha value is -1.05. The van der Waals surface area contributed by atoms with Gasteiger partial charge < -0.3 is 24.3 Å². The van der Waals surface area contributed by atoms with E-state index >= 15 is 0 Å². The van der Waals surface area contributed by atoms with Crippen LogP contribution >= 0.6 is 15.9 Å². The van der Waals surface area contributed by atoms with Crippen molar-refractivity contribution in [1.82, 2.24) is 14.8 Å². The number of ether oxygens (including phenoxy) is 2. The zero-order valence-corrected chi connectivity index (χ0v) is 17.9. The maximum atomic E-state index is 5.82. The van der Waals surface area contributed by atoms with E-state index in [1.807, 2.05) is 0 Å². The summed E-state index contributed by atoms with van der Waals surface area (Å²) in [6.45, 7) is 7.94. The molecule has 0 amide bonds. The molecule has 26 heavy (non-hydrogen) atoms. The van der Waals surface area contributed by atoms with E-state index in [9.17, 15) is 0 Å². The molecule has 6 nitrogen and oxygen atoms in total. The number of halogens is 1. The summed E-state index contributed by atoms with van der Waals surface area (Å²) >= 11 is 3.53. The molecule has 2 rings (SSSR count). The number of aliphatic imine (C=N–C) groups is 1. The Morgan fingerprint density at radius 2 is 2.23 bits per heavy atom. The second kappa shape index (κ2) is 11.6. The highest BCUT2D eigenvalue weighted by molar-refractivity contribution is 9.10. The highest BCUT2D eigenvalue weighted by Crippen LogP contribution is 2.15. The first-order chi connectivity index (χ1) is 12.6. The minimum absolute atomic E-state index is 0.667. The van der Waals surface area contributed by atoms with E-state index in [4.69, 9.17) is 14.5 Å². The molecule has 0 atom stereocenters. The number of aryl methyl sites for hydroxylation is 1. The Balaban J connectivity index is 1.71. The SMILES string of the molecule is CCNC(=NCCCOCC1CCOCC1)N(C)Cc1cc(Br)cn1C.